The van der Waals surface area contributed by atoms with E-state index in [-0.39, 0.29) is 0 Å². The first-order chi connectivity index (χ1) is 21.8. The van der Waals surface area contributed by atoms with Crippen LogP contribution in [0.2, 0.25) is 0 Å². The maximum absolute atomic E-state index is 2.38. The monoisotopic (exact) mass is 594 g/mol. The molecule has 0 saturated carbocycles. The summed E-state index contributed by atoms with van der Waals surface area (Å²) in [6.07, 6.45) is 0. The zero-order valence-corrected chi connectivity index (χ0v) is 25.5. The Balaban J connectivity index is 1.14. The van der Waals surface area contributed by atoms with Crippen molar-refractivity contribution in [3.8, 4) is 44.5 Å². The van der Waals surface area contributed by atoms with Crippen molar-refractivity contribution >= 4 is 63.0 Å². The molecule has 206 valence electrons. The van der Waals surface area contributed by atoms with Crippen LogP contribution < -0.4 is 0 Å². The number of benzene rings is 7. The number of fused-ring (bicyclic) bond motifs is 7. The highest BCUT2D eigenvalue weighted by atomic mass is 32.1. The van der Waals surface area contributed by atoms with E-state index in [2.05, 4.69) is 158 Å². The Labute approximate surface area is 264 Å². The summed E-state index contributed by atoms with van der Waals surface area (Å²) in [6.45, 7) is 0. The Hall–Kier alpha value is -5.02. The second-order valence-corrected chi connectivity index (χ2v) is 13.4. The Bertz CT molecular complexity index is 2300. The normalized spacial score (nSPS) is 11.6. The third-order valence-electron chi connectivity index (χ3n) is 8.68. The third-order valence-corrected chi connectivity index (χ3v) is 11.2. The molecule has 0 atom stereocenters. The van der Waals surface area contributed by atoms with Crippen LogP contribution in [-0.4, -0.2) is 0 Å². The van der Waals surface area contributed by atoms with Crippen LogP contribution in [0.4, 0.5) is 0 Å². The number of hydrogen-bond donors (Lipinski definition) is 0. The minimum absolute atomic E-state index is 1.25. The molecule has 0 saturated heterocycles. The van der Waals surface area contributed by atoms with Gasteiger partial charge in [-0.1, -0.05) is 121 Å². The van der Waals surface area contributed by atoms with E-state index in [0.717, 1.165) is 0 Å². The standard InChI is InChI=1S/C42H26S2/c1-3-9-27(10-4-1)29-13-7-15-31(23-29)33-17-21-39-37(25-33)35-19-20-36-38-26-34(18-22-40(38)44-42(36)41(35)43-39)32-16-8-14-30(24-32)28-11-5-2-6-12-28/h1-26H. The van der Waals surface area contributed by atoms with Gasteiger partial charge < -0.3 is 0 Å². The molecule has 0 radical (unpaired) electrons. The molecule has 44 heavy (non-hydrogen) atoms. The van der Waals surface area contributed by atoms with E-state index >= 15 is 0 Å². The number of thiophene rings is 2. The van der Waals surface area contributed by atoms with E-state index in [0.29, 0.717) is 0 Å². The predicted molar refractivity (Wildman–Crippen MR) is 194 cm³/mol. The maximum Gasteiger partial charge on any atom is 0.0534 e. The van der Waals surface area contributed by atoms with Gasteiger partial charge in [0, 0.05) is 30.9 Å². The van der Waals surface area contributed by atoms with Gasteiger partial charge in [-0.05, 0) is 80.9 Å². The molecular weight excluding hydrogens is 569 g/mol. The van der Waals surface area contributed by atoms with Crippen LogP contribution in [0.25, 0.3) is 84.9 Å². The first kappa shape index (κ1) is 25.5. The van der Waals surface area contributed by atoms with E-state index in [9.17, 15) is 0 Å². The van der Waals surface area contributed by atoms with Crippen LogP contribution in [0.5, 0.6) is 0 Å². The molecule has 0 amide bonds. The summed E-state index contributed by atoms with van der Waals surface area (Å²) < 4.78 is 5.46. The van der Waals surface area contributed by atoms with Gasteiger partial charge in [-0.25, -0.2) is 0 Å². The van der Waals surface area contributed by atoms with Crippen LogP contribution in [0.3, 0.4) is 0 Å². The lowest BCUT2D eigenvalue weighted by molar-refractivity contribution is 1.60. The SMILES string of the molecule is c1ccc(-c2cccc(-c3ccc4sc5c(ccc6c7cc(-c8cccc(-c9ccccc9)c8)ccc7sc65)c4c3)c2)cc1. The first-order valence-electron chi connectivity index (χ1n) is 14.9. The predicted octanol–water partition coefficient (Wildman–Crippen LogP) is 13.1. The van der Waals surface area contributed by atoms with Gasteiger partial charge in [0.2, 0.25) is 0 Å². The second-order valence-electron chi connectivity index (χ2n) is 11.3. The summed E-state index contributed by atoms with van der Waals surface area (Å²) in [4.78, 5) is 0. The topological polar surface area (TPSA) is 0 Å². The van der Waals surface area contributed by atoms with E-state index in [1.54, 1.807) is 0 Å². The van der Waals surface area contributed by atoms with Crippen molar-refractivity contribution in [3.05, 3.63) is 158 Å². The quantitative estimate of drug-likeness (QED) is 0.190. The molecule has 9 aromatic rings. The van der Waals surface area contributed by atoms with E-state index in [4.69, 9.17) is 0 Å². The van der Waals surface area contributed by atoms with Gasteiger partial charge >= 0.3 is 0 Å². The molecule has 0 aliphatic carbocycles. The molecular formula is C42H26S2. The van der Waals surface area contributed by atoms with Crippen molar-refractivity contribution in [1.82, 2.24) is 0 Å². The van der Waals surface area contributed by atoms with Gasteiger partial charge in [0.1, 0.15) is 0 Å². The van der Waals surface area contributed by atoms with Gasteiger partial charge in [-0.15, -0.1) is 22.7 Å². The van der Waals surface area contributed by atoms with Gasteiger partial charge in [0.15, 0.2) is 0 Å². The van der Waals surface area contributed by atoms with E-state index in [1.807, 2.05) is 22.7 Å². The van der Waals surface area contributed by atoms with Crippen LogP contribution in [0.1, 0.15) is 0 Å². The summed E-state index contributed by atoms with van der Waals surface area (Å²) in [5.41, 5.74) is 10.0. The van der Waals surface area contributed by atoms with Crippen molar-refractivity contribution < 1.29 is 0 Å². The lowest BCUT2D eigenvalue weighted by Crippen LogP contribution is -1.81. The van der Waals surface area contributed by atoms with Crippen LogP contribution in [0.15, 0.2) is 158 Å². The molecule has 0 unspecified atom stereocenters. The molecule has 0 N–H and O–H groups in total. The lowest BCUT2D eigenvalue weighted by Gasteiger charge is -2.07. The van der Waals surface area contributed by atoms with Crippen LogP contribution in [-0.2, 0) is 0 Å². The highest BCUT2D eigenvalue weighted by Crippen LogP contribution is 2.46. The minimum Gasteiger partial charge on any atom is -0.134 e. The average Bonchev–Trinajstić information content (AvgIpc) is 3.67. The molecule has 0 nitrogen and oxygen atoms in total. The molecule has 0 aliphatic rings. The van der Waals surface area contributed by atoms with Crippen molar-refractivity contribution in [3.63, 3.8) is 0 Å². The molecule has 2 heteroatoms. The number of hydrogen-bond acceptors (Lipinski definition) is 2. The van der Waals surface area contributed by atoms with Crippen LogP contribution >= 0.6 is 22.7 Å². The maximum atomic E-state index is 2.38. The van der Waals surface area contributed by atoms with E-state index in [1.165, 1.54) is 84.9 Å². The number of rotatable bonds is 4. The van der Waals surface area contributed by atoms with Crippen molar-refractivity contribution in [2.75, 3.05) is 0 Å². The zero-order valence-electron chi connectivity index (χ0n) is 23.8. The Morgan fingerprint density at radius 1 is 0.250 bits per heavy atom. The minimum atomic E-state index is 1.25. The fourth-order valence-corrected chi connectivity index (χ4v) is 8.95. The molecule has 9 rings (SSSR count). The molecule has 2 aromatic heterocycles. The molecule has 7 aromatic carbocycles. The van der Waals surface area contributed by atoms with E-state index < -0.39 is 0 Å². The highest BCUT2D eigenvalue weighted by molar-refractivity contribution is 7.33. The summed E-state index contributed by atoms with van der Waals surface area (Å²) >= 11 is 3.84. The smallest absolute Gasteiger partial charge is 0.0534 e. The Morgan fingerprint density at radius 2 is 0.614 bits per heavy atom. The molecule has 0 bridgehead atoms. The third kappa shape index (κ3) is 4.26. The zero-order chi connectivity index (χ0) is 29.0. The van der Waals surface area contributed by atoms with Crippen molar-refractivity contribution in [2.24, 2.45) is 0 Å². The Kier molecular flexibility index (Phi) is 5.97. The molecule has 0 fully saturated rings. The fraction of sp³-hybridized carbons (Fsp3) is 0. The highest BCUT2D eigenvalue weighted by Gasteiger charge is 2.15. The Morgan fingerprint density at radius 3 is 1.05 bits per heavy atom. The summed E-state index contributed by atoms with van der Waals surface area (Å²) in [6, 6.07) is 57.7. The second kappa shape index (κ2) is 10.3. The first-order valence-corrected chi connectivity index (χ1v) is 16.6. The lowest BCUT2D eigenvalue weighted by atomic mass is 9.97. The van der Waals surface area contributed by atoms with Crippen molar-refractivity contribution in [1.29, 1.82) is 0 Å². The van der Waals surface area contributed by atoms with Crippen LogP contribution in [0, 0.1) is 0 Å². The largest absolute Gasteiger partial charge is 0.134 e. The van der Waals surface area contributed by atoms with Gasteiger partial charge in [-0.3, -0.25) is 0 Å². The average molecular weight is 595 g/mol. The summed E-state index contributed by atoms with van der Waals surface area (Å²) in [7, 11) is 0. The van der Waals surface area contributed by atoms with Gasteiger partial charge in [0.25, 0.3) is 0 Å². The van der Waals surface area contributed by atoms with Gasteiger partial charge in [-0.2, -0.15) is 0 Å². The molecule has 0 spiro atoms. The summed E-state index contributed by atoms with van der Waals surface area (Å²) in [5, 5.41) is 5.37. The van der Waals surface area contributed by atoms with Crippen molar-refractivity contribution in [2.45, 2.75) is 0 Å². The molecule has 0 aliphatic heterocycles. The van der Waals surface area contributed by atoms with Gasteiger partial charge in [0.05, 0.1) is 9.40 Å². The summed E-state index contributed by atoms with van der Waals surface area (Å²) in [5.74, 6) is 0. The fourth-order valence-electron chi connectivity index (χ4n) is 6.45. The molecule has 2 heterocycles.